The molecule has 3 aromatic rings. The second-order valence-electron chi connectivity index (χ2n) is 10.7. The van der Waals surface area contributed by atoms with Crippen molar-refractivity contribution in [2.75, 3.05) is 13.2 Å². The number of aryl methyl sites for hydroxylation is 2. The number of aliphatic hydroxyl groups is 7. The van der Waals surface area contributed by atoms with Crippen LogP contribution in [0.5, 0.6) is 5.75 Å². The first-order valence-corrected chi connectivity index (χ1v) is 13.4. The molecular formula is C29H34O13. The molecule has 5 rings (SSSR count). The number of phenols is 1. The van der Waals surface area contributed by atoms with E-state index in [1.165, 1.54) is 12.1 Å². The van der Waals surface area contributed by atoms with Crippen molar-refractivity contribution in [1.29, 1.82) is 0 Å². The average Bonchev–Trinajstić information content (AvgIpc) is 2.96. The van der Waals surface area contributed by atoms with E-state index in [9.17, 15) is 45.6 Å². The number of phenolic OH excluding ortho intramolecular Hbond substituents is 1. The van der Waals surface area contributed by atoms with E-state index in [4.69, 9.17) is 18.6 Å². The van der Waals surface area contributed by atoms with E-state index in [1.54, 1.807) is 19.1 Å². The van der Waals surface area contributed by atoms with Gasteiger partial charge in [0.2, 0.25) is 0 Å². The minimum Gasteiger partial charge on any atom is -0.507 e. The Hall–Kier alpha value is -2.95. The third-order valence-electron chi connectivity index (χ3n) is 7.87. The van der Waals surface area contributed by atoms with Gasteiger partial charge in [-0.1, -0.05) is 29.8 Å². The summed E-state index contributed by atoms with van der Waals surface area (Å²) in [6.07, 6.45) is -16.2. The zero-order valence-electron chi connectivity index (χ0n) is 22.8. The van der Waals surface area contributed by atoms with E-state index in [0.29, 0.717) is 11.1 Å². The molecule has 0 saturated carbocycles. The summed E-state index contributed by atoms with van der Waals surface area (Å²) in [6, 6.07) is 10.0. The monoisotopic (exact) mass is 590 g/mol. The maximum atomic E-state index is 13.3. The second kappa shape index (κ2) is 12.0. The van der Waals surface area contributed by atoms with Crippen molar-refractivity contribution >= 4 is 11.0 Å². The molecular weight excluding hydrogens is 556 g/mol. The highest BCUT2D eigenvalue weighted by Crippen LogP contribution is 2.43. The third kappa shape index (κ3) is 5.33. The number of ether oxygens (including phenoxy) is 3. The molecule has 2 aliphatic rings. The normalized spacial score (nSPS) is 33.6. The van der Waals surface area contributed by atoms with Crippen LogP contribution in [0.4, 0.5) is 0 Å². The summed E-state index contributed by atoms with van der Waals surface area (Å²) >= 11 is 0. The van der Waals surface area contributed by atoms with Crippen LogP contribution in [-0.4, -0.2) is 109 Å². The van der Waals surface area contributed by atoms with Crippen LogP contribution in [0, 0.1) is 13.8 Å². The van der Waals surface area contributed by atoms with Crippen LogP contribution in [0.1, 0.15) is 22.8 Å². The standard InChI is InChI=1S/C29H34O13/c1-11-3-5-13(6-4-11)15-8-14(32)20-16(39-15)7-12(2)19(23(20)35)27-28(25(37)22(34)17(9-30)40-27)42-29-26(38)24(36)21(33)18(10-31)41-29/h3-8,17-18,21-22,24-31,33-38H,9-10H2,1-2H3. The predicted molar refractivity (Wildman–Crippen MR) is 144 cm³/mol. The van der Waals surface area contributed by atoms with Crippen molar-refractivity contribution in [3.05, 3.63) is 63.3 Å². The smallest absolute Gasteiger partial charge is 0.197 e. The molecule has 8 N–H and O–H groups in total. The minimum atomic E-state index is -1.85. The first-order chi connectivity index (χ1) is 20.0. The number of benzene rings is 2. The fourth-order valence-corrected chi connectivity index (χ4v) is 5.47. The largest absolute Gasteiger partial charge is 0.507 e. The Morgan fingerprint density at radius 1 is 0.810 bits per heavy atom. The lowest BCUT2D eigenvalue weighted by molar-refractivity contribution is -0.342. The summed E-state index contributed by atoms with van der Waals surface area (Å²) in [5, 5.41) is 83.0. The average molecular weight is 591 g/mol. The molecule has 1 aromatic heterocycles. The van der Waals surface area contributed by atoms with Gasteiger partial charge in [-0.15, -0.1) is 0 Å². The summed E-state index contributed by atoms with van der Waals surface area (Å²) in [6.45, 7) is 2.03. The highest BCUT2D eigenvalue weighted by molar-refractivity contribution is 5.87. The Morgan fingerprint density at radius 3 is 2.07 bits per heavy atom. The van der Waals surface area contributed by atoms with Crippen LogP contribution < -0.4 is 5.43 Å². The summed E-state index contributed by atoms with van der Waals surface area (Å²) in [4.78, 5) is 13.3. The van der Waals surface area contributed by atoms with Gasteiger partial charge in [0.05, 0.1) is 13.2 Å². The van der Waals surface area contributed by atoms with Crippen molar-refractivity contribution in [2.45, 2.75) is 75.1 Å². The van der Waals surface area contributed by atoms with Crippen LogP contribution in [0.25, 0.3) is 22.3 Å². The predicted octanol–water partition coefficient (Wildman–Crippen LogP) is -0.878. The second-order valence-corrected chi connectivity index (χ2v) is 10.7. The van der Waals surface area contributed by atoms with Gasteiger partial charge in [0.1, 0.15) is 77.4 Å². The van der Waals surface area contributed by atoms with E-state index in [1.807, 2.05) is 19.1 Å². The van der Waals surface area contributed by atoms with Crippen LogP contribution in [-0.2, 0) is 14.2 Å². The first kappa shape index (κ1) is 30.5. The van der Waals surface area contributed by atoms with Crippen molar-refractivity contribution in [2.24, 2.45) is 0 Å². The van der Waals surface area contributed by atoms with E-state index < -0.39 is 85.6 Å². The molecule has 2 fully saturated rings. The molecule has 0 amide bonds. The lowest BCUT2D eigenvalue weighted by atomic mass is 9.87. The molecule has 10 unspecified atom stereocenters. The van der Waals surface area contributed by atoms with E-state index in [2.05, 4.69) is 0 Å². The van der Waals surface area contributed by atoms with Crippen molar-refractivity contribution in [3.8, 4) is 17.1 Å². The summed E-state index contributed by atoms with van der Waals surface area (Å²) in [5.41, 5.74) is 1.45. The summed E-state index contributed by atoms with van der Waals surface area (Å²) < 4.78 is 23.0. The minimum absolute atomic E-state index is 0.0307. The third-order valence-corrected chi connectivity index (χ3v) is 7.87. The molecule has 2 aliphatic heterocycles. The fraction of sp³-hybridized carbons (Fsp3) is 0.483. The molecule has 2 saturated heterocycles. The maximum absolute atomic E-state index is 13.3. The molecule has 0 bridgehead atoms. The zero-order chi connectivity index (χ0) is 30.5. The van der Waals surface area contributed by atoms with E-state index in [0.717, 1.165) is 5.56 Å². The molecule has 0 aliphatic carbocycles. The lowest BCUT2D eigenvalue weighted by Crippen LogP contribution is -2.62. The highest BCUT2D eigenvalue weighted by atomic mass is 16.7. The number of aromatic hydroxyl groups is 1. The maximum Gasteiger partial charge on any atom is 0.197 e. The van der Waals surface area contributed by atoms with Gasteiger partial charge in [0, 0.05) is 17.2 Å². The molecule has 42 heavy (non-hydrogen) atoms. The number of fused-ring (bicyclic) bond motifs is 1. The van der Waals surface area contributed by atoms with Crippen LogP contribution in [0.3, 0.4) is 0 Å². The van der Waals surface area contributed by atoms with Crippen LogP contribution >= 0.6 is 0 Å². The van der Waals surface area contributed by atoms with Gasteiger partial charge in [0.15, 0.2) is 11.7 Å². The summed E-state index contributed by atoms with van der Waals surface area (Å²) in [5.74, 6) is -0.280. The number of hydrogen-bond acceptors (Lipinski definition) is 13. The van der Waals surface area contributed by atoms with Crippen LogP contribution in [0.2, 0.25) is 0 Å². The molecule has 0 radical (unpaired) electrons. The van der Waals surface area contributed by atoms with Gasteiger partial charge in [-0.2, -0.15) is 0 Å². The summed E-state index contributed by atoms with van der Waals surface area (Å²) in [7, 11) is 0. The Balaban J connectivity index is 1.58. The van der Waals surface area contributed by atoms with Gasteiger partial charge in [-0.25, -0.2) is 0 Å². The molecule has 0 spiro atoms. The molecule has 2 aromatic carbocycles. The van der Waals surface area contributed by atoms with Crippen molar-refractivity contribution < 1.29 is 59.5 Å². The number of aliphatic hydroxyl groups excluding tert-OH is 7. The Labute approximate surface area is 239 Å². The van der Waals surface area contributed by atoms with Crippen LogP contribution in [0.15, 0.2) is 45.6 Å². The highest BCUT2D eigenvalue weighted by Gasteiger charge is 2.51. The fourth-order valence-electron chi connectivity index (χ4n) is 5.47. The Kier molecular flexibility index (Phi) is 8.70. The number of hydrogen-bond donors (Lipinski definition) is 8. The van der Waals surface area contributed by atoms with Gasteiger partial charge < -0.3 is 59.5 Å². The quantitative estimate of drug-likeness (QED) is 0.175. The topological polar surface area (TPSA) is 220 Å². The van der Waals surface area contributed by atoms with Gasteiger partial charge >= 0.3 is 0 Å². The van der Waals surface area contributed by atoms with E-state index >= 15 is 0 Å². The number of rotatable bonds is 6. The zero-order valence-corrected chi connectivity index (χ0v) is 22.8. The molecule has 13 heteroatoms. The Morgan fingerprint density at radius 2 is 1.43 bits per heavy atom. The molecule has 10 atom stereocenters. The van der Waals surface area contributed by atoms with E-state index in [-0.39, 0.29) is 22.3 Å². The van der Waals surface area contributed by atoms with Gasteiger partial charge in [-0.3, -0.25) is 4.79 Å². The lowest BCUT2D eigenvalue weighted by Gasteiger charge is -2.46. The van der Waals surface area contributed by atoms with Gasteiger partial charge in [0.25, 0.3) is 0 Å². The van der Waals surface area contributed by atoms with Crippen molar-refractivity contribution in [3.63, 3.8) is 0 Å². The van der Waals surface area contributed by atoms with Crippen molar-refractivity contribution in [1.82, 2.24) is 0 Å². The SMILES string of the molecule is Cc1ccc(-c2cc(=O)c3c(O)c(C4OC(CO)C(O)C(O)C4OC4OC(CO)C(O)C(O)C4O)c(C)cc3o2)cc1. The Bertz CT molecular complexity index is 1470. The molecule has 13 nitrogen and oxygen atoms in total. The molecule has 3 heterocycles. The molecule has 228 valence electrons. The van der Waals surface area contributed by atoms with Gasteiger partial charge in [-0.05, 0) is 25.5 Å². The first-order valence-electron chi connectivity index (χ1n) is 13.4.